The maximum atomic E-state index is 13.5. The highest BCUT2D eigenvalue weighted by molar-refractivity contribution is 5.31. The molecule has 2 nitrogen and oxygen atoms in total. The molecule has 0 radical (unpaired) electrons. The predicted octanol–water partition coefficient (Wildman–Crippen LogP) is 2.89. The molecule has 1 aromatic heterocycles. The van der Waals surface area contributed by atoms with Gasteiger partial charge in [-0.25, -0.2) is 4.39 Å². The summed E-state index contributed by atoms with van der Waals surface area (Å²) in [5.74, 6) is -0.231. The van der Waals surface area contributed by atoms with Crippen LogP contribution in [0.2, 0.25) is 0 Å². The van der Waals surface area contributed by atoms with Gasteiger partial charge in [-0.2, -0.15) is 0 Å². The van der Waals surface area contributed by atoms with Crippen molar-refractivity contribution in [3.05, 3.63) is 64.7 Å². The molecule has 1 atom stereocenters. The van der Waals surface area contributed by atoms with Crippen LogP contribution in [0.15, 0.2) is 36.4 Å². The fourth-order valence-electron chi connectivity index (χ4n) is 1.71. The quantitative estimate of drug-likeness (QED) is 0.861. The molecular weight excluding hydrogens is 215 g/mol. The van der Waals surface area contributed by atoms with Crippen LogP contribution in [-0.4, -0.2) is 4.98 Å². The summed E-state index contributed by atoms with van der Waals surface area (Å²) in [4.78, 5) is 4.35. The van der Waals surface area contributed by atoms with E-state index in [4.69, 9.17) is 5.73 Å². The first kappa shape index (κ1) is 11.7. The maximum absolute atomic E-state index is 13.5. The highest BCUT2D eigenvalue weighted by Gasteiger charge is 2.11. The van der Waals surface area contributed by atoms with Crippen LogP contribution < -0.4 is 5.73 Å². The van der Waals surface area contributed by atoms with Gasteiger partial charge in [0.05, 0.1) is 11.7 Å². The minimum Gasteiger partial charge on any atom is -0.319 e. The maximum Gasteiger partial charge on any atom is 0.126 e. The number of rotatable bonds is 2. The zero-order valence-corrected chi connectivity index (χ0v) is 9.94. The topological polar surface area (TPSA) is 38.9 Å². The molecule has 0 saturated heterocycles. The summed E-state index contributed by atoms with van der Waals surface area (Å²) in [5, 5.41) is 0. The summed E-state index contributed by atoms with van der Waals surface area (Å²) in [5.41, 5.74) is 9.11. The summed E-state index contributed by atoms with van der Waals surface area (Å²) in [6, 6.07) is 10.3. The SMILES string of the molecule is Cc1cccc(C(N)c2ccc(C)c(F)c2)n1. The van der Waals surface area contributed by atoms with E-state index in [2.05, 4.69) is 4.98 Å². The lowest BCUT2D eigenvalue weighted by Gasteiger charge is -2.12. The van der Waals surface area contributed by atoms with Crippen LogP contribution in [0, 0.1) is 19.7 Å². The number of aryl methyl sites for hydroxylation is 2. The zero-order valence-electron chi connectivity index (χ0n) is 9.94. The smallest absolute Gasteiger partial charge is 0.126 e. The Kier molecular flexibility index (Phi) is 3.20. The van der Waals surface area contributed by atoms with Crippen LogP contribution in [0.5, 0.6) is 0 Å². The Hall–Kier alpha value is -1.74. The fraction of sp³-hybridized carbons (Fsp3) is 0.214. The molecule has 88 valence electrons. The van der Waals surface area contributed by atoms with E-state index in [0.29, 0.717) is 5.56 Å². The van der Waals surface area contributed by atoms with Crippen molar-refractivity contribution in [3.8, 4) is 0 Å². The second-order valence-electron chi connectivity index (χ2n) is 4.19. The van der Waals surface area contributed by atoms with Crippen LogP contribution >= 0.6 is 0 Å². The summed E-state index contributed by atoms with van der Waals surface area (Å²) in [6.07, 6.45) is 0. The van der Waals surface area contributed by atoms with Crippen molar-refractivity contribution in [1.29, 1.82) is 0 Å². The number of benzene rings is 1. The van der Waals surface area contributed by atoms with Gasteiger partial charge in [-0.1, -0.05) is 18.2 Å². The number of nitrogens with zero attached hydrogens (tertiary/aromatic N) is 1. The Labute approximate surface area is 100 Å². The van der Waals surface area contributed by atoms with Gasteiger partial charge in [0.1, 0.15) is 5.82 Å². The summed E-state index contributed by atoms with van der Waals surface area (Å²) >= 11 is 0. The molecule has 0 aliphatic carbocycles. The van der Waals surface area contributed by atoms with Crippen molar-refractivity contribution in [2.24, 2.45) is 5.73 Å². The van der Waals surface area contributed by atoms with E-state index in [1.807, 2.05) is 31.2 Å². The van der Waals surface area contributed by atoms with Gasteiger partial charge in [0.25, 0.3) is 0 Å². The van der Waals surface area contributed by atoms with E-state index >= 15 is 0 Å². The number of pyridine rings is 1. The second kappa shape index (κ2) is 4.63. The van der Waals surface area contributed by atoms with E-state index in [9.17, 15) is 4.39 Å². The van der Waals surface area contributed by atoms with Gasteiger partial charge in [-0.3, -0.25) is 4.98 Å². The van der Waals surface area contributed by atoms with E-state index in [0.717, 1.165) is 17.0 Å². The molecule has 2 rings (SSSR count). The Balaban J connectivity index is 2.36. The van der Waals surface area contributed by atoms with E-state index < -0.39 is 0 Å². The molecule has 2 aromatic rings. The Bertz CT molecular complexity index is 537. The third-order valence-electron chi connectivity index (χ3n) is 2.78. The fourth-order valence-corrected chi connectivity index (χ4v) is 1.71. The number of aromatic nitrogens is 1. The summed E-state index contributed by atoms with van der Waals surface area (Å²) in [7, 11) is 0. The van der Waals surface area contributed by atoms with Crippen molar-refractivity contribution >= 4 is 0 Å². The first-order valence-corrected chi connectivity index (χ1v) is 5.53. The molecule has 0 bridgehead atoms. The molecule has 17 heavy (non-hydrogen) atoms. The largest absolute Gasteiger partial charge is 0.319 e. The van der Waals surface area contributed by atoms with Gasteiger partial charge in [0.2, 0.25) is 0 Å². The van der Waals surface area contributed by atoms with Crippen molar-refractivity contribution < 1.29 is 4.39 Å². The third-order valence-corrected chi connectivity index (χ3v) is 2.78. The van der Waals surface area contributed by atoms with Gasteiger partial charge in [0, 0.05) is 5.69 Å². The summed E-state index contributed by atoms with van der Waals surface area (Å²) < 4.78 is 13.5. The molecule has 1 unspecified atom stereocenters. The lowest BCUT2D eigenvalue weighted by molar-refractivity contribution is 0.614. The first-order valence-electron chi connectivity index (χ1n) is 5.53. The van der Waals surface area contributed by atoms with Crippen LogP contribution in [0.4, 0.5) is 4.39 Å². The second-order valence-corrected chi connectivity index (χ2v) is 4.19. The van der Waals surface area contributed by atoms with Gasteiger partial charge < -0.3 is 5.73 Å². The minimum atomic E-state index is -0.384. The van der Waals surface area contributed by atoms with Gasteiger partial charge in [-0.05, 0) is 43.2 Å². The Morgan fingerprint density at radius 1 is 1.18 bits per heavy atom. The molecular formula is C14H15FN2. The lowest BCUT2D eigenvalue weighted by Crippen LogP contribution is -2.14. The molecule has 0 amide bonds. The first-order chi connectivity index (χ1) is 8.08. The molecule has 0 aliphatic rings. The zero-order chi connectivity index (χ0) is 12.4. The predicted molar refractivity (Wildman–Crippen MR) is 66.1 cm³/mol. The third kappa shape index (κ3) is 2.50. The van der Waals surface area contributed by atoms with Crippen LogP contribution in [0.3, 0.4) is 0 Å². The summed E-state index contributed by atoms with van der Waals surface area (Å²) in [6.45, 7) is 3.64. The Morgan fingerprint density at radius 3 is 2.59 bits per heavy atom. The minimum absolute atomic E-state index is 0.231. The molecule has 0 fully saturated rings. The number of nitrogens with two attached hydrogens (primary N) is 1. The van der Waals surface area contributed by atoms with E-state index in [-0.39, 0.29) is 11.9 Å². The van der Waals surface area contributed by atoms with Crippen LogP contribution in [-0.2, 0) is 0 Å². The van der Waals surface area contributed by atoms with Crippen molar-refractivity contribution in [2.45, 2.75) is 19.9 Å². The number of halogens is 1. The van der Waals surface area contributed by atoms with Gasteiger partial charge >= 0.3 is 0 Å². The van der Waals surface area contributed by atoms with Crippen molar-refractivity contribution in [1.82, 2.24) is 4.98 Å². The number of hydrogen-bond acceptors (Lipinski definition) is 2. The van der Waals surface area contributed by atoms with E-state index in [1.54, 1.807) is 13.0 Å². The van der Waals surface area contributed by atoms with Gasteiger partial charge in [0.15, 0.2) is 0 Å². The van der Waals surface area contributed by atoms with Crippen LogP contribution in [0.1, 0.15) is 28.6 Å². The molecule has 1 aromatic carbocycles. The van der Waals surface area contributed by atoms with Crippen LogP contribution in [0.25, 0.3) is 0 Å². The molecule has 2 N–H and O–H groups in total. The monoisotopic (exact) mass is 230 g/mol. The highest BCUT2D eigenvalue weighted by Crippen LogP contribution is 2.20. The highest BCUT2D eigenvalue weighted by atomic mass is 19.1. The number of hydrogen-bond donors (Lipinski definition) is 1. The van der Waals surface area contributed by atoms with Crippen molar-refractivity contribution in [3.63, 3.8) is 0 Å². The van der Waals surface area contributed by atoms with Gasteiger partial charge in [-0.15, -0.1) is 0 Å². The average molecular weight is 230 g/mol. The average Bonchev–Trinajstić information content (AvgIpc) is 2.32. The standard InChI is InChI=1S/C14H15FN2/c1-9-6-7-11(8-12(9)15)14(16)13-5-3-4-10(2)17-13/h3-8,14H,16H2,1-2H3. The molecule has 0 saturated carbocycles. The van der Waals surface area contributed by atoms with Crippen molar-refractivity contribution in [2.75, 3.05) is 0 Å². The molecule has 1 heterocycles. The normalized spacial score (nSPS) is 12.5. The molecule has 3 heteroatoms. The molecule has 0 spiro atoms. The Morgan fingerprint density at radius 2 is 1.94 bits per heavy atom. The lowest BCUT2D eigenvalue weighted by atomic mass is 10.0. The molecule has 0 aliphatic heterocycles. The van der Waals surface area contributed by atoms with E-state index in [1.165, 1.54) is 6.07 Å².